The molecule has 0 aliphatic heterocycles. The molecule has 1 saturated carbocycles. The van der Waals surface area contributed by atoms with E-state index in [0.29, 0.717) is 17.0 Å². The molecule has 0 saturated heterocycles. The summed E-state index contributed by atoms with van der Waals surface area (Å²) in [5, 5.41) is 9.71. The number of aryl methyl sites for hydroxylation is 1. The van der Waals surface area contributed by atoms with Crippen molar-refractivity contribution in [3.8, 4) is 11.1 Å². The van der Waals surface area contributed by atoms with Crippen molar-refractivity contribution in [2.24, 2.45) is 18.7 Å². The Morgan fingerprint density at radius 1 is 1.33 bits per heavy atom. The van der Waals surface area contributed by atoms with Crippen molar-refractivity contribution in [2.75, 3.05) is 5.32 Å². The molecule has 1 atom stereocenters. The Morgan fingerprint density at radius 2 is 2.13 bits per heavy atom. The molecule has 4 aromatic rings. The van der Waals surface area contributed by atoms with Crippen molar-refractivity contribution >= 4 is 33.5 Å². The maximum atomic E-state index is 12.1. The van der Waals surface area contributed by atoms with Crippen LogP contribution in [0.1, 0.15) is 30.1 Å². The summed E-state index contributed by atoms with van der Waals surface area (Å²) in [5.41, 5.74) is 10.8. The summed E-state index contributed by atoms with van der Waals surface area (Å²) in [6, 6.07) is 6.35. The highest BCUT2D eigenvalue weighted by atomic mass is 16.1. The lowest BCUT2D eigenvalue weighted by Gasteiger charge is -2.20. The van der Waals surface area contributed by atoms with Crippen molar-refractivity contribution in [1.82, 2.24) is 19.7 Å². The molecule has 1 fully saturated rings. The largest absolute Gasteiger partial charge is 0.365 e. The van der Waals surface area contributed by atoms with E-state index in [0.717, 1.165) is 38.8 Å². The molecule has 1 unspecified atom stereocenters. The summed E-state index contributed by atoms with van der Waals surface area (Å²) < 4.78 is 1.78. The zero-order valence-corrected chi connectivity index (χ0v) is 17.1. The van der Waals surface area contributed by atoms with Gasteiger partial charge in [0.05, 0.1) is 28.7 Å². The standard InChI is InChI=1S/C23H24N6O/c1-12(2)20(13-4-5-13)28-23-19-16-7-6-14(15-9-26-29(3)11-15)8-18(16)27-21(19)17(10-25-23)22(24)30/h6-11,13,20,27H,1,4-5H2,2-3H3,(H2,24,30)(H,25,28). The second-order valence-electron chi connectivity index (χ2n) is 8.23. The average Bonchev–Trinajstić information content (AvgIpc) is 3.33. The highest BCUT2D eigenvalue weighted by molar-refractivity contribution is 6.18. The van der Waals surface area contributed by atoms with Gasteiger partial charge in [-0.25, -0.2) is 4.98 Å². The molecule has 1 aromatic carbocycles. The first kappa shape index (κ1) is 18.4. The van der Waals surface area contributed by atoms with Gasteiger partial charge >= 0.3 is 0 Å². The van der Waals surface area contributed by atoms with Crippen LogP contribution in [0.4, 0.5) is 5.82 Å². The SMILES string of the molecule is C=C(C)C(Nc1ncc(C(N)=O)c2[nH]c3cc(-c4cnn(C)c4)ccc3c12)C1CC1. The predicted molar refractivity (Wildman–Crippen MR) is 119 cm³/mol. The number of pyridine rings is 1. The number of primary amides is 1. The Bertz CT molecular complexity index is 1310. The molecule has 0 bridgehead atoms. The quantitative estimate of drug-likeness (QED) is 0.426. The van der Waals surface area contributed by atoms with Gasteiger partial charge in [-0.2, -0.15) is 5.10 Å². The molecular formula is C23H24N6O. The van der Waals surface area contributed by atoms with E-state index in [4.69, 9.17) is 5.73 Å². The molecular weight excluding hydrogens is 376 g/mol. The van der Waals surface area contributed by atoms with Crippen LogP contribution in [0, 0.1) is 5.92 Å². The molecule has 1 amide bonds. The van der Waals surface area contributed by atoms with E-state index in [-0.39, 0.29) is 6.04 Å². The number of nitrogens with two attached hydrogens (primary N) is 1. The number of carbonyl (C=O) groups excluding carboxylic acids is 1. The van der Waals surface area contributed by atoms with Crippen molar-refractivity contribution in [2.45, 2.75) is 25.8 Å². The van der Waals surface area contributed by atoms with Gasteiger partial charge in [-0.05, 0) is 37.3 Å². The summed E-state index contributed by atoms with van der Waals surface area (Å²) >= 11 is 0. The number of rotatable bonds is 6. The lowest BCUT2D eigenvalue weighted by atomic mass is 10.0. The third-order valence-electron chi connectivity index (χ3n) is 5.85. The normalized spacial score (nSPS) is 14.9. The number of H-pyrrole nitrogens is 1. The minimum absolute atomic E-state index is 0.166. The van der Waals surface area contributed by atoms with Gasteiger partial charge in [-0.3, -0.25) is 9.48 Å². The second kappa shape index (κ2) is 6.73. The molecule has 1 aliphatic rings. The van der Waals surface area contributed by atoms with Gasteiger partial charge < -0.3 is 16.0 Å². The first-order valence-corrected chi connectivity index (χ1v) is 10.1. The van der Waals surface area contributed by atoms with E-state index in [1.54, 1.807) is 10.9 Å². The van der Waals surface area contributed by atoms with Gasteiger partial charge in [0.2, 0.25) is 0 Å². The molecule has 152 valence electrons. The maximum Gasteiger partial charge on any atom is 0.252 e. The molecule has 1 aliphatic carbocycles. The van der Waals surface area contributed by atoms with Crippen LogP contribution in [0.2, 0.25) is 0 Å². The molecule has 7 heteroatoms. The molecule has 3 heterocycles. The van der Waals surface area contributed by atoms with Crippen LogP contribution in [-0.2, 0) is 7.05 Å². The number of hydrogen-bond donors (Lipinski definition) is 3. The predicted octanol–water partition coefficient (Wildman–Crippen LogP) is 3.98. The van der Waals surface area contributed by atoms with Crippen LogP contribution >= 0.6 is 0 Å². The Balaban J connectivity index is 1.70. The number of carbonyl (C=O) groups is 1. The lowest BCUT2D eigenvalue weighted by molar-refractivity contribution is 0.100. The lowest BCUT2D eigenvalue weighted by Crippen LogP contribution is -2.23. The number of nitrogens with zero attached hydrogens (tertiary/aromatic N) is 3. The summed E-state index contributed by atoms with van der Waals surface area (Å²) in [6.45, 7) is 6.20. The van der Waals surface area contributed by atoms with E-state index in [9.17, 15) is 4.79 Å². The van der Waals surface area contributed by atoms with E-state index < -0.39 is 5.91 Å². The van der Waals surface area contributed by atoms with Crippen LogP contribution in [0.5, 0.6) is 0 Å². The minimum atomic E-state index is -0.503. The fraction of sp³-hybridized carbons (Fsp3) is 0.261. The summed E-state index contributed by atoms with van der Waals surface area (Å²) in [7, 11) is 1.89. The average molecular weight is 400 g/mol. The van der Waals surface area contributed by atoms with Gasteiger partial charge in [-0.1, -0.05) is 24.3 Å². The summed E-state index contributed by atoms with van der Waals surface area (Å²) in [5.74, 6) is 0.824. The number of nitrogens with one attached hydrogen (secondary N) is 2. The highest BCUT2D eigenvalue weighted by Crippen LogP contribution is 2.39. The fourth-order valence-corrected chi connectivity index (χ4v) is 4.17. The van der Waals surface area contributed by atoms with Gasteiger partial charge in [0, 0.05) is 35.9 Å². The van der Waals surface area contributed by atoms with Crippen LogP contribution in [0.25, 0.3) is 32.9 Å². The van der Waals surface area contributed by atoms with Crippen LogP contribution in [-0.4, -0.2) is 31.7 Å². The van der Waals surface area contributed by atoms with Crippen molar-refractivity contribution in [1.29, 1.82) is 0 Å². The van der Waals surface area contributed by atoms with Gasteiger partial charge in [0.1, 0.15) is 5.82 Å². The molecule has 0 radical (unpaired) electrons. The molecule has 4 N–H and O–H groups in total. The zero-order valence-electron chi connectivity index (χ0n) is 17.1. The van der Waals surface area contributed by atoms with Crippen molar-refractivity contribution in [3.05, 3.63) is 54.5 Å². The monoisotopic (exact) mass is 400 g/mol. The second-order valence-corrected chi connectivity index (χ2v) is 8.23. The first-order valence-electron chi connectivity index (χ1n) is 10.1. The Kier molecular flexibility index (Phi) is 4.13. The number of aromatic amines is 1. The smallest absolute Gasteiger partial charge is 0.252 e. The number of hydrogen-bond acceptors (Lipinski definition) is 4. The molecule has 0 spiro atoms. The summed E-state index contributed by atoms with van der Waals surface area (Å²) in [6.07, 6.45) is 7.73. The van der Waals surface area contributed by atoms with Crippen molar-refractivity contribution in [3.63, 3.8) is 0 Å². The molecule has 5 rings (SSSR count). The van der Waals surface area contributed by atoms with Gasteiger partial charge in [0.25, 0.3) is 5.91 Å². The topological polar surface area (TPSA) is 102 Å². The van der Waals surface area contributed by atoms with Crippen LogP contribution < -0.4 is 11.1 Å². The first-order chi connectivity index (χ1) is 14.4. The fourth-order valence-electron chi connectivity index (χ4n) is 4.17. The summed E-state index contributed by atoms with van der Waals surface area (Å²) in [4.78, 5) is 20.0. The van der Waals surface area contributed by atoms with Gasteiger partial charge in [0.15, 0.2) is 0 Å². The maximum absolute atomic E-state index is 12.1. The third-order valence-corrected chi connectivity index (χ3v) is 5.85. The molecule has 7 nitrogen and oxygen atoms in total. The van der Waals surface area contributed by atoms with E-state index in [1.807, 2.05) is 26.4 Å². The van der Waals surface area contributed by atoms with E-state index >= 15 is 0 Å². The third kappa shape index (κ3) is 3.03. The van der Waals surface area contributed by atoms with E-state index in [1.165, 1.54) is 12.8 Å². The Hall–Kier alpha value is -3.61. The van der Waals surface area contributed by atoms with Crippen LogP contribution in [0.15, 0.2) is 48.9 Å². The minimum Gasteiger partial charge on any atom is -0.365 e. The number of benzene rings is 1. The number of amides is 1. The molecule has 3 aromatic heterocycles. The highest BCUT2D eigenvalue weighted by Gasteiger charge is 2.32. The number of anilines is 1. The number of aromatic nitrogens is 4. The van der Waals surface area contributed by atoms with Crippen LogP contribution in [0.3, 0.4) is 0 Å². The Morgan fingerprint density at radius 3 is 2.77 bits per heavy atom. The van der Waals surface area contributed by atoms with E-state index in [2.05, 4.69) is 45.2 Å². The number of fused-ring (bicyclic) bond motifs is 3. The van der Waals surface area contributed by atoms with Crippen molar-refractivity contribution < 1.29 is 4.79 Å². The molecule has 30 heavy (non-hydrogen) atoms. The zero-order chi connectivity index (χ0) is 21.0. The Labute approximate surface area is 174 Å². The van der Waals surface area contributed by atoms with Gasteiger partial charge in [-0.15, -0.1) is 0 Å².